The van der Waals surface area contributed by atoms with Gasteiger partial charge >= 0.3 is 6.03 Å². The molecule has 2 amide bonds. The first kappa shape index (κ1) is 16.3. The molecule has 0 spiro atoms. The molecule has 1 rings (SSSR count). The molecule has 1 atom stereocenters. The lowest BCUT2D eigenvalue weighted by molar-refractivity contribution is 0.219. The number of urea groups is 1. The SMILES string of the molecule is CC(C)C(CCO)NC(=O)NCCc1cccc(O)c1. The van der Waals surface area contributed by atoms with Gasteiger partial charge in [-0.05, 0) is 36.5 Å². The summed E-state index contributed by atoms with van der Waals surface area (Å²) in [7, 11) is 0. The fraction of sp³-hybridized carbons (Fsp3) is 0.533. The van der Waals surface area contributed by atoms with Crippen molar-refractivity contribution < 1.29 is 15.0 Å². The summed E-state index contributed by atoms with van der Waals surface area (Å²) in [4.78, 5) is 11.7. The Kier molecular flexibility index (Phi) is 6.87. The lowest BCUT2D eigenvalue weighted by Gasteiger charge is -2.21. The van der Waals surface area contributed by atoms with Gasteiger partial charge in [-0.1, -0.05) is 26.0 Å². The average Bonchev–Trinajstić information content (AvgIpc) is 2.38. The molecular weight excluding hydrogens is 256 g/mol. The molecule has 0 aliphatic heterocycles. The number of aromatic hydroxyl groups is 1. The van der Waals surface area contributed by atoms with E-state index in [0.29, 0.717) is 19.4 Å². The highest BCUT2D eigenvalue weighted by molar-refractivity contribution is 5.74. The van der Waals surface area contributed by atoms with Crippen molar-refractivity contribution in [3.8, 4) is 5.75 Å². The van der Waals surface area contributed by atoms with Gasteiger partial charge in [-0.15, -0.1) is 0 Å². The minimum absolute atomic E-state index is 0.0271. The van der Waals surface area contributed by atoms with Gasteiger partial charge in [0, 0.05) is 19.2 Å². The van der Waals surface area contributed by atoms with Crippen LogP contribution in [0.25, 0.3) is 0 Å². The van der Waals surface area contributed by atoms with Crippen LogP contribution in [0, 0.1) is 5.92 Å². The van der Waals surface area contributed by atoms with E-state index in [1.165, 1.54) is 0 Å². The molecule has 112 valence electrons. The summed E-state index contributed by atoms with van der Waals surface area (Å²) in [5.41, 5.74) is 0.973. The lowest BCUT2D eigenvalue weighted by atomic mass is 10.0. The summed E-state index contributed by atoms with van der Waals surface area (Å²) in [6.45, 7) is 4.58. The first-order valence-corrected chi connectivity index (χ1v) is 6.96. The van der Waals surface area contributed by atoms with Crippen LogP contribution in [-0.4, -0.2) is 35.4 Å². The number of carbonyl (C=O) groups excluding carboxylic acids is 1. The van der Waals surface area contributed by atoms with E-state index in [9.17, 15) is 9.90 Å². The first-order valence-electron chi connectivity index (χ1n) is 6.96. The molecule has 0 saturated carbocycles. The van der Waals surface area contributed by atoms with Crippen molar-refractivity contribution in [1.82, 2.24) is 10.6 Å². The van der Waals surface area contributed by atoms with Crippen LogP contribution < -0.4 is 10.6 Å². The lowest BCUT2D eigenvalue weighted by Crippen LogP contribution is -2.45. The Morgan fingerprint density at radius 1 is 1.35 bits per heavy atom. The number of phenolic OH excluding ortho intramolecular Hbond substituents is 1. The maximum Gasteiger partial charge on any atom is 0.315 e. The zero-order chi connectivity index (χ0) is 15.0. The fourth-order valence-electron chi connectivity index (χ4n) is 1.96. The van der Waals surface area contributed by atoms with Gasteiger partial charge in [0.1, 0.15) is 5.75 Å². The second kappa shape index (κ2) is 8.43. The van der Waals surface area contributed by atoms with Gasteiger partial charge in [0.05, 0.1) is 0 Å². The molecule has 0 heterocycles. The highest BCUT2D eigenvalue weighted by Gasteiger charge is 2.14. The van der Waals surface area contributed by atoms with Crippen LogP contribution in [0.2, 0.25) is 0 Å². The Hall–Kier alpha value is -1.75. The van der Waals surface area contributed by atoms with E-state index >= 15 is 0 Å². The summed E-state index contributed by atoms with van der Waals surface area (Å²) in [5.74, 6) is 0.508. The minimum atomic E-state index is -0.225. The number of rotatable bonds is 7. The number of carbonyl (C=O) groups is 1. The van der Waals surface area contributed by atoms with Crippen molar-refractivity contribution in [2.75, 3.05) is 13.2 Å². The molecule has 0 bridgehead atoms. The van der Waals surface area contributed by atoms with Gasteiger partial charge in [-0.3, -0.25) is 0 Å². The van der Waals surface area contributed by atoms with Gasteiger partial charge in [0.25, 0.3) is 0 Å². The second-order valence-electron chi connectivity index (χ2n) is 5.18. The number of benzene rings is 1. The van der Waals surface area contributed by atoms with E-state index in [1.54, 1.807) is 18.2 Å². The molecule has 0 aliphatic rings. The molecule has 5 nitrogen and oxygen atoms in total. The van der Waals surface area contributed by atoms with Crippen LogP contribution in [0.1, 0.15) is 25.8 Å². The van der Waals surface area contributed by atoms with Gasteiger partial charge in [0.2, 0.25) is 0 Å². The summed E-state index contributed by atoms with van der Waals surface area (Å²) in [5, 5.41) is 23.9. The second-order valence-corrected chi connectivity index (χ2v) is 5.18. The van der Waals surface area contributed by atoms with E-state index in [0.717, 1.165) is 5.56 Å². The normalized spacial score (nSPS) is 12.2. The summed E-state index contributed by atoms with van der Waals surface area (Å²) in [6.07, 6.45) is 1.21. The zero-order valence-electron chi connectivity index (χ0n) is 12.1. The zero-order valence-corrected chi connectivity index (χ0v) is 12.1. The third-order valence-corrected chi connectivity index (χ3v) is 3.17. The molecule has 20 heavy (non-hydrogen) atoms. The van der Waals surface area contributed by atoms with Crippen molar-refractivity contribution >= 4 is 6.03 Å². The van der Waals surface area contributed by atoms with Crippen molar-refractivity contribution in [3.05, 3.63) is 29.8 Å². The summed E-state index contributed by atoms with van der Waals surface area (Å²) >= 11 is 0. The fourth-order valence-corrected chi connectivity index (χ4v) is 1.96. The molecule has 0 fully saturated rings. The molecule has 0 aliphatic carbocycles. The van der Waals surface area contributed by atoms with Crippen LogP contribution >= 0.6 is 0 Å². The van der Waals surface area contributed by atoms with Crippen molar-refractivity contribution in [1.29, 1.82) is 0 Å². The first-order chi connectivity index (χ1) is 9.52. The molecular formula is C15H24N2O3. The molecule has 4 N–H and O–H groups in total. The Labute approximate surface area is 120 Å². The van der Waals surface area contributed by atoms with Crippen LogP contribution in [0.5, 0.6) is 5.75 Å². The van der Waals surface area contributed by atoms with E-state index in [1.807, 2.05) is 19.9 Å². The average molecular weight is 280 g/mol. The Bertz CT molecular complexity index is 421. The quantitative estimate of drug-likeness (QED) is 0.613. The number of aliphatic hydroxyl groups is 1. The molecule has 0 saturated heterocycles. The molecule has 1 aromatic rings. The highest BCUT2D eigenvalue weighted by Crippen LogP contribution is 2.10. The maximum atomic E-state index is 11.7. The summed E-state index contributed by atoms with van der Waals surface area (Å²) in [6, 6.07) is 6.73. The third kappa shape index (κ3) is 5.93. The number of nitrogens with one attached hydrogen (secondary N) is 2. The smallest absolute Gasteiger partial charge is 0.315 e. The molecule has 0 aromatic heterocycles. The summed E-state index contributed by atoms with van der Waals surface area (Å²) < 4.78 is 0. The van der Waals surface area contributed by atoms with Gasteiger partial charge in [-0.2, -0.15) is 0 Å². The van der Waals surface area contributed by atoms with E-state index in [-0.39, 0.29) is 30.3 Å². The Morgan fingerprint density at radius 2 is 2.10 bits per heavy atom. The van der Waals surface area contributed by atoms with Crippen LogP contribution in [-0.2, 0) is 6.42 Å². The van der Waals surface area contributed by atoms with Crippen molar-refractivity contribution in [2.45, 2.75) is 32.7 Å². The van der Waals surface area contributed by atoms with Crippen LogP contribution in [0.4, 0.5) is 4.79 Å². The van der Waals surface area contributed by atoms with Gasteiger partial charge in [0.15, 0.2) is 0 Å². The minimum Gasteiger partial charge on any atom is -0.508 e. The molecule has 1 aromatic carbocycles. The van der Waals surface area contributed by atoms with E-state index < -0.39 is 0 Å². The molecule has 1 unspecified atom stereocenters. The van der Waals surface area contributed by atoms with Gasteiger partial charge in [-0.25, -0.2) is 4.79 Å². The number of amides is 2. The predicted molar refractivity (Wildman–Crippen MR) is 78.7 cm³/mol. The number of phenols is 1. The van der Waals surface area contributed by atoms with Crippen molar-refractivity contribution in [2.24, 2.45) is 5.92 Å². The molecule has 5 heteroatoms. The van der Waals surface area contributed by atoms with Crippen LogP contribution in [0.3, 0.4) is 0 Å². The molecule has 0 radical (unpaired) electrons. The number of aliphatic hydroxyl groups excluding tert-OH is 1. The van der Waals surface area contributed by atoms with E-state index in [4.69, 9.17) is 5.11 Å². The highest BCUT2D eigenvalue weighted by atomic mass is 16.3. The number of hydrogen-bond acceptors (Lipinski definition) is 3. The van der Waals surface area contributed by atoms with Crippen molar-refractivity contribution in [3.63, 3.8) is 0 Å². The Balaban J connectivity index is 2.32. The predicted octanol–water partition coefficient (Wildman–Crippen LogP) is 1.64. The maximum absolute atomic E-state index is 11.7. The largest absolute Gasteiger partial charge is 0.508 e. The van der Waals surface area contributed by atoms with Gasteiger partial charge < -0.3 is 20.8 Å². The third-order valence-electron chi connectivity index (χ3n) is 3.17. The van der Waals surface area contributed by atoms with Crippen LogP contribution in [0.15, 0.2) is 24.3 Å². The number of hydrogen-bond donors (Lipinski definition) is 4. The monoisotopic (exact) mass is 280 g/mol. The topological polar surface area (TPSA) is 81.6 Å². The standard InChI is InChI=1S/C15H24N2O3/c1-11(2)14(7-9-18)17-15(20)16-8-6-12-4-3-5-13(19)10-12/h3-5,10-11,14,18-19H,6-9H2,1-2H3,(H2,16,17,20). The Morgan fingerprint density at radius 3 is 2.70 bits per heavy atom. The van der Waals surface area contributed by atoms with E-state index in [2.05, 4.69) is 10.6 Å².